The molecule has 3 aromatic rings. The molecule has 1 amide bonds. The molecule has 144 valence electrons. The Bertz CT molecular complexity index is 974. The number of rotatable bonds is 7. The number of hydrogen-bond donors (Lipinski definition) is 0. The van der Waals surface area contributed by atoms with E-state index in [9.17, 15) is 9.59 Å². The van der Waals surface area contributed by atoms with Gasteiger partial charge in [-0.1, -0.05) is 37.3 Å². The largest absolute Gasteiger partial charge is 0.334 e. The highest BCUT2D eigenvalue weighted by atomic mass is 16.2. The summed E-state index contributed by atoms with van der Waals surface area (Å²) in [4.78, 5) is 26.6. The number of Topliss-reactive ketones (excluding diaryl/α,β-unsaturated/α-hetero) is 1. The monoisotopic (exact) mass is 375 g/mol. The van der Waals surface area contributed by atoms with Gasteiger partial charge in [-0.3, -0.25) is 14.3 Å². The van der Waals surface area contributed by atoms with Crippen molar-refractivity contribution in [3.05, 3.63) is 77.6 Å². The first kappa shape index (κ1) is 19.5. The van der Waals surface area contributed by atoms with E-state index in [2.05, 4.69) is 5.10 Å². The van der Waals surface area contributed by atoms with Gasteiger partial charge >= 0.3 is 0 Å². The Labute approximate surface area is 165 Å². The Morgan fingerprint density at radius 1 is 1.00 bits per heavy atom. The molecule has 0 saturated carbocycles. The third-order valence-corrected chi connectivity index (χ3v) is 4.77. The normalized spacial score (nSPS) is 10.7. The molecular weight excluding hydrogens is 350 g/mol. The van der Waals surface area contributed by atoms with Crippen LogP contribution < -0.4 is 0 Å². The highest BCUT2D eigenvalue weighted by Crippen LogP contribution is 2.22. The van der Waals surface area contributed by atoms with Crippen molar-refractivity contribution in [1.82, 2.24) is 14.7 Å². The van der Waals surface area contributed by atoms with Crippen molar-refractivity contribution < 1.29 is 9.59 Å². The molecule has 2 aromatic carbocycles. The minimum atomic E-state index is -0.00665. The van der Waals surface area contributed by atoms with Gasteiger partial charge in [-0.05, 0) is 36.2 Å². The first-order valence-electron chi connectivity index (χ1n) is 9.52. The van der Waals surface area contributed by atoms with Crippen molar-refractivity contribution >= 4 is 11.7 Å². The Morgan fingerprint density at radius 3 is 2.36 bits per heavy atom. The van der Waals surface area contributed by atoms with Crippen molar-refractivity contribution in [3.63, 3.8) is 0 Å². The van der Waals surface area contributed by atoms with E-state index in [0.29, 0.717) is 30.6 Å². The average Bonchev–Trinajstić information content (AvgIpc) is 3.15. The van der Waals surface area contributed by atoms with Crippen molar-refractivity contribution in [2.45, 2.75) is 26.8 Å². The van der Waals surface area contributed by atoms with E-state index < -0.39 is 0 Å². The van der Waals surface area contributed by atoms with Gasteiger partial charge in [0.15, 0.2) is 5.78 Å². The summed E-state index contributed by atoms with van der Waals surface area (Å²) >= 11 is 0. The van der Waals surface area contributed by atoms with Crippen molar-refractivity contribution in [2.24, 2.45) is 7.05 Å². The van der Waals surface area contributed by atoms with Crippen LogP contribution in [0.2, 0.25) is 0 Å². The number of amides is 1. The van der Waals surface area contributed by atoms with Gasteiger partial charge in [0.05, 0.1) is 6.20 Å². The molecular formula is C23H25N3O2. The van der Waals surface area contributed by atoms with E-state index in [1.54, 1.807) is 15.8 Å². The van der Waals surface area contributed by atoms with Gasteiger partial charge in [-0.25, -0.2) is 0 Å². The van der Waals surface area contributed by atoms with Crippen LogP contribution in [0.1, 0.15) is 46.5 Å². The minimum absolute atomic E-state index is 0.00665. The number of aromatic nitrogens is 2. The van der Waals surface area contributed by atoms with Gasteiger partial charge < -0.3 is 4.90 Å². The van der Waals surface area contributed by atoms with Gasteiger partial charge in [0.1, 0.15) is 0 Å². The molecule has 0 bridgehead atoms. The van der Waals surface area contributed by atoms with Crippen LogP contribution in [0.4, 0.5) is 0 Å². The molecule has 0 radical (unpaired) electrons. The molecule has 0 aliphatic carbocycles. The smallest absolute Gasteiger partial charge is 0.254 e. The molecule has 3 rings (SSSR count). The average molecular weight is 375 g/mol. The molecule has 0 saturated heterocycles. The topological polar surface area (TPSA) is 55.2 Å². The van der Waals surface area contributed by atoms with Crippen LogP contribution >= 0.6 is 0 Å². The number of ketones is 1. The molecule has 28 heavy (non-hydrogen) atoms. The Balaban J connectivity index is 1.77. The van der Waals surface area contributed by atoms with E-state index in [1.807, 2.05) is 75.6 Å². The lowest BCUT2D eigenvalue weighted by atomic mass is 9.99. The Kier molecular flexibility index (Phi) is 6.04. The fraction of sp³-hybridized carbons (Fsp3) is 0.261. The number of carbonyl (C=O) groups is 2. The summed E-state index contributed by atoms with van der Waals surface area (Å²) in [7, 11) is 1.86. The molecule has 0 N–H and O–H groups in total. The number of nitrogens with zero attached hydrogens (tertiary/aromatic N) is 3. The summed E-state index contributed by atoms with van der Waals surface area (Å²) < 4.78 is 1.74. The Hall–Kier alpha value is -3.21. The van der Waals surface area contributed by atoms with E-state index in [0.717, 1.165) is 16.7 Å². The molecule has 0 atom stereocenters. The summed E-state index contributed by atoms with van der Waals surface area (Å²) in [6, 6.07) is 15.2. The van der Waals surface area contributed by atoms with Gasteiger partial charge in [0.25, 0.3) is 5.91 Å². The first-order valence-corrected chi connectivity index (χ1v) is 9.52. The van der Waals surface area contributed by atoms with E-state index in [-0.39, 0.29) is 11.7 Å². The zero-order valence-corrected chi connectivity index (χ0v) is 16.6. The maximum Gasteiger partial charge on any atom is 0.254 e. The fourth-order valence-corrected chi connectivity index (χ4v) is 3.17. The summed E-state index contributed by atoms with van der Waals surface area (Å²) in [5.74, 6) is 0.121. The van der Waals surface area contributed by atoms with Crippen LogP contribution in [0.25, 0.3) is 11.1 Å². The molecule has 5 nitrogen and oxygen atoms in total. The van der Waals surface area contributed by atoms with Crippen LogP contribution in [-0.4, -0.2) is 32.9 Å². The summed E-state index contributed by atoms with van der Waals surface area (Å²) in [6.07, 6.45) is 4.19. The molecule has 0 unspecified atom stereocenters. The SMILES string of the molecule is CCC(=O)c1cccc(-c2ccc(C(=O)N(CC)Cc3cnn(C)c3)cc2)c1. The summed E-state index contributed by atoms with van der Waals surface area (Å²) in [5, 5.41) is 4.16. The second-order valence-corrected chi connectivity index (χ2v) is 6.78. The van der Waals surface area contributed by atoms with Crippen molar-refractivity contribution in [3.8, 4) is 11.1 Å². The predicted octanol–water partition coefficient (Wildman–Crippen LogP) is 4.34. The van der Waals surface area contributed by atoms with Crippen LogP contribution in [-0.2, 0) is 13.6 Å². The van der Waals surface area contributed by atoms with Crippen LogP contribution in [0.15, 0.2) is 60.9 Å². The second kappa shape index (κ2) is 8.65. The number of aryl methyl sites for hydroxylation is 1. The molecule has 1 aromatic heterocycles. The lowest BCUT2D eigenvalue weighted by Gasteiger charge is -2.20. The number of carbonyl (C=O) groups excluding carboxylic acids is 2. The van der Waals surface area contributed by atoms with Gasteiger partial charge in [0.2, 0.25) is 0 Å². The number of benzene rings is 2. The van der Waals surface area contributed by atoms with Crippen LogP contribution in [0.3, 0.4) is 0 Å². The van der Waals surface area contributed by atoms with E-state index >= 15 is 0 Å². The summed E-state index contributed by atoms with van der Waals surface area (Å²) in [5.41, 5.74) is 4.33. The van der Waals surface area contributed by atoms with Crippen molar-refractivity contribution in [2.75, 3.05) is 6.54 Å². The molecule has 0 fully saturated rings. The zero-order chi connectivity index (χ0) is 20.1. The van der Waals surface area contributed by atoms with Crippen molar-refractivity contribution in [1.29, 1.82) is 0 Å². The highest BCUT2D eigenvalue weighted by molar-refractivity contribution is 5.97. The number of hydrogen-bond acceptors (Lipinski definition) is 3. The van der Waals surface area contributed by atoms with Crippen LogP contribution in [0, 0.1) is 0 Å². The predicted molar refractivity (Wildman–Crippen MR) is 110 cm³/mol. The zero-order valence-electron chi connectivity index (χ0n) is 16.6. The molecule has 0 aliphatic heterocycles. The van der Waals surface area contributed by atoms with E-state index in [1.165, 1.54) is 0 Å². The van der Waals surface area contributed by atoms with E-state index in [4.69, 9.17) is 0 Å². The third-order valence-electron chi connectivity index (χ3n) is 4.77. The van der Waals surface area contributed by atoms with Gasteiger partial charge in [0, 0.05) is 49.4 Å². The third kappa shape index (κ3) is 4.36. The maximum absolute atomic E-state index is 12.9. The first-order chi connectivity index (χ1) is 13.5. The van der Waals surface area contributed by atoms with Gasteiger partial charge in [-0.15, -0.1) is 0 Å². The molecule has 5 heteroatoms. The quantitative estimate of drug-likeness (QED) is 0.577. The standard InChI is InChI=1S/C23H25N3O2/c1-4-22(27)21-8-6-7-20(13-21)18-9-11-19(12-10-18)23(28)26(5-2)16-17-14-24-25(3)15-17/h6-15H,4-5,16H2,1-3H3. The highest BCUT2D eigenvalue weighted by Gasteiger charge is 2.15. The lowest BCUT2D eigenvalue weighted by molar-refractivity contribution is 0.0752. The lowest BCUT2D eigenvalue weighted by Crippen LogP contribution is -2.30. The molecule has 1 heterocycles. The second-order valence-electron chi connectivity index (χ2n) is 6.78. The molecule has 0 spiro atoms. The minimum Gasteiger partial charge on any atom is -0.334 e. The van der Waals surface area contributed by atoms with Gasteiger partial charge in [-0.2, -0.15) is 5.10 Å². The summed E-state index contributed by atoms with van der Waals surface area (Å²) in [6.45, 7) is 4.99. The fourth-order valence-electron chi connectivity index (χ4n) is 3.17. The Morgan fingerprint density at radius 2 is 1.75 bits per heavy atom. The molecule has 0 aliphatic rings. The van der Waals surface area contributed by atoms with Crippen LogP contribution in [0.5, 0.6) is 0 Å². The maximum atomic E-state index is 12.9.